The molecule has 0 spiro atoms. The van der Waals surface area contributed by atoms with E-state index in [1.165, 1.54) is 17.1 Å². The minimum absolute atomic E-state index is 0.0768. The molecule has 8 heteroatoms. The molecule has 3 aromatic rings. The van der Waals surface area contributed by atoms with E-state index in [9.17, 15) is 24.8 Å². The molecule has 1 N–H and O–H groups in total. The van der Waals surface area contributed by atoms with Crippen LogP contribution in [0.5, 0.6) is 0 Å². The number of hydrazone groups is 1. The molecule has 1 saturated carbocycles. The first-order chi connectivity index (χ1) is 17.5. The molecule has 1 fully saturated rings. The lowest BCUT2D eigenvalue weighted by Crippen LogP contribution is -2.32. The number of allylic oxidation sites excluding steroid dienone is 1. The van der Waals surface area contributed by atoms with Gasteiger partial charge in [0.05, 0.1) is 22.2 Å². The number of fused-ring (bicyclic) bond motifs is 1. The van der Waals surface area contributed by atoms with E-state index in [-0.39, 0.29) is 11.5 Å². The monoisotopic (exact) mass is 481 g/mol. The van der Waals surface area contributed by atoms with E-state index in [1.54, 1.807) is 0 Å². The van der Waals surface area contributed by atoms with Crippen molar-refractivity contribution in [3.63, 3.8) is 0 Å². The van der Waals surface area contributed by atoms with Crippen LogP contribution < -0.4 is 0 Å². The van der Waals surface area contributed by atoms with Gasteiger partial charge >= 0.3 is 5.97 Å². The topological polar surface area (TPSA) is 113 Å². The summed E-state index contributed by atoms with van der Waals surface area (Å²) in [4.78, 5) is 36.6. The number of nitro benzene ring substituents is 1. The van der Waals surface area contributed by atoms with Crippen LogP contribution in [0.4, 0.5) is 5.69 Å². The number of rotatable bonds is 5. The molecule has 2 aliphatic rings. The van der Waals surface area contributed by atoms with E-state index in [0.29, 0.717) is 0 Å². The van der Waals surface area contributed by atoms with Crippen molar-refractivity contribution < 1.29 is 19.6 Å². The molecule has 0 aromatic heterocycles. The molecule has 1 aliphatic carbocycles. The molecule has 36 heavy (non-hydrogen) atoms. The number of amides is 1. The van der Waals surface area contributed by atoms with Gasteiger partial charge in [0.25, 0.3) is 11.6 Å². The summed E-state index contributed by atoms with van der Waals surface area (Å²) in [7, 11) is 0. The van der Waals surface area contributed by atoms with Crippen LogP contribution in [0.1, 0.15) is 57.1 Å². The van der Waals surface area contributed by atoms with Crippen molar-refractivity contribution in [2.24, 2.45) is 11.0 Å². The van der Waals surface area contributed by atoms with Gasteiger partial charge in [0.15, 0.2) is 0 Å². The van der Waals surface area contributed by atoms with Crippen LogP contribution in [0.15, 0.2) is 89.5 Å². The molecule has 0 bridgehead atoms. The molecule has 1 aliphatic heterocycles. The summed E-state index contributed by atoms with van der Waals surface area (Å²) in [6.07, 6.45) is 4.63. The van der Waals surface area contributed by atoms with Crippen LogP contribution in [0.25, 0.3) is 6.08 Å². The highest BCUT2D eigenvalue weighted by atomic mass is 16.6. The molecule has 180 valence electrons. The predicted octanol–water partition coefficient (Wildman–Crippen LogP) is 5.73. The Morgan fingerprint density at radius 1 is 1.00 bits per heavy atom. The number of nitro groups is 1. The molecule has 2 atom stereocenters. The highest BCUT2D eigenvalue weighted by molar-refractivity contribution is 6.11. The molecule has 0 unspecified atom stereocenters. The maximum Gasteiger partial charge on any atom is 0.343 e. The summed E-state index contributed by atoms with van der Waals surface area (Å²) in [5.41, 5.74) is 2.23. The average molecular weight is 482 g/mol. The first-order valence-electron chi connectivity index (χ1n) is 11.7. The van der Waals surface area contributed by atoms with Crippen molar-refractivity contribution in [3.8, 4) is 0 Å². The molecule has 0 saturated heterocycles. The Morgan fingerprint density at radius 3 is 2.36 bits per heavy atom. The number of carboxylic acids is 1. The summed E-state index contributed by atoms with van der Waals surface area (Å²) >= 11 is 0. The number of hydrogen-bond donors (Lipinski definition) is 1. The van der Waals surface area contributed by atoms with Gasteiger partial charge in [0.1, 0.15) is 5.56 Å². The van der Waals surface area contributed by atoms with Gasteiger partial charge in [0, 0.05) is 12.0 Å². The summed E-state index contributed by atoms with van der Waals surface area (Å²) in [5.74, 6) is -2.28. The number of carbonyl (C=O) groups excluding carboxylic acids is 1. The van der Waals surface area contributed by atoms with Gasteiger partial charge in [-0.1, -0.05) is 66.7 Å². The number of aromatic carboxylic acids is 1. The maximum absolute atomic E-state index is 13.9. The molecule has 0 radical (unpaired) electrons. The molecule has 1 amide bonds. The fourth-order valence-electron chi connectivity index (χ4n) is 5.12. The van der Waals surface area contributed by atoms with Crippen molar-refractivity contribution in [3.05, 3.63) is 117 Å². The summed E-state index contributed by atoms with van der Waals surface area (Å²) in [5, 5.41) is 27.4. The fraction of sp³-hybridized carbons (Fsp3) is 0.179. The third-order valence-corrected chi connectivity index (χ3v) is 6.67. The van der Waals surface area contributed by atoms with Crippen molar-refractivity contribution in [2.75, 3.05) is 0 Å². The van der Waals surface area contributed by atoms with Crippen LogP contribution in [0.3, 0.4) is 0 Å². The Kier molecular flexibility index (Phi) is 6.16. The van der Waals surface area contributed by atoms with Gasteiger partial charge < -0.3 is 5.11 Å². The van der Waals surface area contributed by atoms with Crippen molar-refractivity contribution in [1.82, 2.24) is 5.01 Å². The van der Waals surface area contributed by atoms with E-state index < -0.39 is 34.1 Å². The maximum atomic E-state index is 13.9. The van der Waals surface area contributed by atoms with Crippen LogP contribution in [0.2, 0.25) is 0 Å². The van der Waals surface area contributed by atoms with E-state index in [0.717, 1.165) is 47.7 Å². The number of carbonyl (C=O) groups is 2. The summed E-state index contributed by atoms with van der Waals surface area (Å²) < 4.78 is 0. The van der Waals surface area contributed by atoms with Crippen LogP contribution in [-0.2, 0) is 0 Å². The Morgan fingerprint density at radius 2 is 1.69 bits per heavy atom. The Balaban J connectivity index is 1.64. The lowest BCUT2D eigenvalue weighted by atomic mass is 9.77. The number of carboxylic acid groups (broad SMARTS) is 1. The zero-order valence-corrected chi connectivity index (χ0v) is 19.3. The lowest BCUT2D eigenvalue weighted by Gasteiger charge is -2.29. The van der Waals surface area contributed by atoms with Crippen molar-refractivity contribution in [2.45, 2.75) is 25.3 Å². The standard InChI is InChI=1S/C28H23N3O5/c32-27(21-14-8-16-23(31(35)36)24(21)28(33)34)30-26(19-11-5-2-6-12-19)22-15-7-13-20(25(22)29-30)17-18-9-3-1-4-10-18/h1-6,8-12,14,16-17,22,26H,7,13,15H2,(H,33,34)/b20-17-/t22-,26-/m0/s1. The molecule has 8 nitrogen and oxygen atoms in total. The van der Waals surface area contributed by atoms with Crippen molar-refractivity contribution >= 4 is 29.4 Å². The van der Waals surface area contributed by atoms with Gasteiger partial charge in [-0.05, 0) is 48.1 Å². The summed E-state index contributed by atoms with van der Waals surface area (Å²) in [6.45, 7) is 0. The Bertz CT molecular complexity index is 1400. The first kappa shape index (κ1) is 23.2. The normalized spacial score (nSPS) is 20.1. The SMILES string of the molecule is O=C(O)c1c(C(=O)N2N=C3/C(=C\c4ccccc4)CCC[C@@H]3[C@@H]2c2ccccc2)cccc1[N+](=O)[O-]. The van der Waals surface area contributed by atoms with Crippen molar-refractivity contribution in [1.29, 1.82) is 0 Å². The smallest absolute Gasteiger partial charge is 0.343 e. The zero-order chi connectivity index (χ0) is 25.2. The number of benzene rings is 3. The molecule has 5 rings (SSSR count). The Hall–Kier alpha value is -4.59. The number of hydrogen-bond acceptors (Lipinski definition) is 5. The van der Waals surface area contributed by atoms with E-state index in [4.69, 9.17) is 5.10 Å². The van der Waals surface area contributed by atoms with E-state index >= 15 is 0 Å². The third-order valence-electron chi connectivity index (χ3n) is 6.67. The van der Waals surface area contributed by atoms with Crippen LogP contribution >= 0.6 is 0 Å². The van der Waals surface area contributed by atoms with Gasteiger partial charge in [-0.15, -0.1) is 0 Å². The highest BCUT2D eigenvalue weighted by Crippen LogP contribution is 2.45. The molecule has 1 heterocycles. The van der Waals surface area contributed by atoms with Crippen LogP contribution in [-0.4, -0.2) is 32.6 Å². The third kappa shape index (κ3) is 4.17. The predicted molar refractivity (Wildman–Crippen MR) is 135 cm³/mol. The van der Waals surface area contributed by atoms with Gasteiger partial charge in [-0.25, -0.2) is 9.80 Å². The van der Waals surface area contributed by atoms with E-state index in [1.807, 2.05) is 60.7 Å². The minimum Gasteiger partial charge on any atom is -0.477 e. The number of nitrogens with zero attached hydrogens (tertiary/aromatic N) is 3. The Labute approximate surface area is 207 Å². The second kappa shape index (κ2) is 9.58. The van der Waals surface area contributed by atoms with Crippen LogP contribution in [0, 0.1) is 16.0 Å². The molecule has 3 aromatic carbocycles. The quantitative estimate of drug-likeness (QED) is 0.369. The second-order valence-electron chi connectivity index (χ2n) is 8.83. The van der Waals surface area contributed by atoms with E-state index in [2.05, 4.69) is 6.08 Å². The first-order valence-corrected chi connectivity index (χ1v) is 11.7. The van der Waals surface area contributed by atoms with Gasteiger partial charge in [0.2, 0.25) is 0 Å². The lowest BCUT2D eigenvalue weighted by molar-refractivity contribution is -0.385. The van der Waals surface area contributed by atoms with Gasteiger partial charge in [-0.2, -0.15) is 5.10 Å². The minimum atomic E-state index is -1.53. The average Bonchev–Trinajstić information content (AvgIpc) is 3.29. The second-order valence-corrected chi connectivity index (χ2v) is 8.83. The molecular formula is C28H23N3O5. The molecular weight excluding hydrogens is 458 g/mol. The largest absolute Gasteiger partial charge is 0.477 e. The zero-order valence-electron chi connectivity index (χ0n) is 19.3. The summed E-state index contributed by atoms with van der Waals surface area (Å²) in [6, 6.07) is 22.6. The fourth-order valence-corrected chi connectivity index (χ4v) is 5.12. The van der Waals surface area contributed by atoms with Gasteiger partial charge in [-0.3, -0.25) is 14.9 Å². The highest BCUT2D eigenvalue weighted by Gasteiger charge is 2.45.